The minimum Gasteiger partial charge on any atom is -0.508 e. The van der Waals surface area contributed by atoms with E-state index in [-0.39, 0.29) is 11.4 Å². The van der Waals surface area contributed by atoms with Gasteiger partial charge in [-0.25, -0.2) is 13.2 Å². The fourth-order valence-electron chi connectivity index (χ4n) is 1.13. The summed E-state index contributed by atoms with van der Waals surface area (Å²) in [6.07, 6.45) is -9.84. The van der Waals surface area contributed by atoms with E-state index in [1.54, 1.807) is 0 Å². The second kappa shape index (κ2) is 4.95. The number of halogens is 6. The zero-order valence-corrected chi connectivity index (χ0v) is 8.81. The van der Waals surface area contributed by atoms with Crippen molar-refractivity contribution in [3.8, 4) is 5.75 Å². The molecular formula is C10H9F6NO. The Bertz CT molecular complexity index is 388. The maximum atomic E-state index is 12.9. The number of rotatable bonds is 4. The van der Waals surface area contributed by atoms with E-state index < -0.39 is 24.8 Å². The minimum atomic E-state index is -5.61. The van der Waals surface area contributed by atoms with Crippen molar-refractivity contribution >= 4 is 5.69 Å². The van der Waals surface area contributed by atoms with Crippen LogP contribution >= 0.6 is 0 Å². The van der Waals surface area contributed by atoms with Crippen molar-refractivity contribution in [3.05, 3.63) is 24.3 Å². The van der Waals surface area contributed by atoms with Crippen LogP contribution in [-0.4, -0.2) is 29.9 Å². The van der Waals surface area contributed by atoms with Gasteiger partial charge in [0.2, 0.25) is 0 Å². The number of phenolic OH excluding ortho intramolecular Hbond substituents is 1. The summed E-state index contributed by atoms with van der Waals surface area (Å²) in [4.78, 5) is 0. The highest BCUT2D eigenvalue weighted by Crippen LogP contribution is 2.35. The lowest BCUT2D eigenvalue weighted by molar-refractivity contribution is -0.240. The van der Waals surface area contributed by atoms with Crippen LogP contribution in [0.2, 0.25) is 0 Å². The topological polar surface area (TPSA) is 32.3 Å². The maximum absolute atomic E-state index is 12.9. The van der Waals surface area contributed by atoms with Crippen LogP contribution in [0, 0.1) is 0 Å². The number of benzene rings is 1. The molecule has 0 bridgehead atoms. The van der Waals surface area contributed by atoms with E-state index in [0.717, 1.165) is 12.1 Å². The van der Waals surface area contributed by atoms with Gasteiger partial charge in [0, 0.05) is 5.69 Å². The van der Waals surface area contributed by atoms with E-state index in [1.165, 1.54) is 12.1 Å². The van der Waals surface area contributed by atoms with Crippen molar-refractivity contribution in [2.75, 3.05) is 11.9 Å². The van der Waals surface area contributed by atoms with E-state index in [2.05, 4.69) is 0 Å². The van der Waals surface area contributed by atoms with Gasteiger partial charge in [-0.05, 0) is 24.3 Å². The number of anilines is 1. The van der Waals surface area contributed by atoms with E-state index >= 15 is 0 Å². The van der Waals surface area contributed by atoms with Crippen LogP contribution in [0.4, 0.5) is 32.0 Å². The molecule has 1 unspecified atom stereocenters. The van der Waals surface area contributed by atoms with E-state index in [9.17, 15) is 26.3 Å². The molecule has 18 heavy (non-hydrogen) atoms. The Labute approximate surface area is 98.2 Å². The number of hydrogen-bond donors (Lipinski definition) is 2. The molecule has 8 heteroatoms. The Kier molecular flexibility index (Phi) is 3.98. The zero-order chi connectivity index (χ0) is 14.0. The lowest BCUT2D eigenvalue weighted by Gasteiger charge is -2.23. The maximum Gasteiger partial charge on any atom is 0.425 e. The highest BCUT2D eigenvalue weighted by Gasteiger charge is 2.56. The van der Waals surface area contributed by atoms with Crippen molar-refractivity contribution in [2.24, 2.45) is 0 Å². The molecule has 1 aromatic carbocycles. The second-order valence-electron chi connectivity index (χ2n) is 3.57. The molecule has 0 aliphatic heterocycles. The predicted molar refractivity (Wildman–Crippen MR) is 52.5 cm³/mol. The zero-order valence-electron chi connectivity index (χ0n) is 8.81. The molecular weight excluding hydrogens is 264 g/mol. The number of hydrogen-bond acceptors (Lipinski definition) is 2. The molecule has 0 aliphatic carbocycles. The number of aromatic hydroxyl groups is 1. The monoisotopic (exact) mass is 273 g/mol. The van der Waals surface area contributed by atoms with Gasteiger partial charge in [0.25, 0.3) is 6.17 Å². The van der Waals surface area contributed by atoms with Gasteiger partial charge in [-0.2, -0.15) is 13.2 Å². The fraction of sp³-hybridized carbons (Fsp3) is 0.400. The Morgan fingerprint density at radius 1 is 1.06 bits per heavy atom. The molecule has 0 aliphatic rings. The standard InChI is InChI=1S/C10H9F6NO/c11-8(10(14,15)16)9(12,13)5-17-6-1-3-7(18)4-2-6/h1-4,8,17-18H,5H2. The van der Waals surface area contributed by atoms with E-state index in [0.29, 0.717) is 0 Å². The van der Waals surface area contributed by atoms with Gasteiger partial charge >= 0.3 is 12.1 Å². The Morgan fingerprint density at radius 2 is 1.56 bits per heavy atom. The van der Waals surface area contributed by atoms with Gasteiger partial charge in [0.05, 0.1) is 6.54 Å². The van der Waals surface area contributed by atoms with Crippen molar-refractivity contribution in [2.45, 2.75) is 18.3 Å². The molecule has 0 radical (unpaired) electrons. The largest absolute Gasteiger partial charge is 0.508 e. The van der Waals surface area contributed by atoms with Gasteiger partial charge in [0.15, 0.2) is 0 Å². The molecule has 2 N–H and O–H groups in total. The highest BCUT2D eigenvalue weighted by atomic mass is 19.4. The Morgan fingerprint density at radius 3 is 2.00 bits per heavy atom. The van der Waals surface area contributed by atoms with Crippen molar-refractivity contribution in [3.63, 3.8) is 0 Å². The summed E-state index contributed by atoms with van der Waals surface area (Å²) in [5, 5.41) is 10.9. The summed E-state index contributed by atoms with van der Waals surface area (Å²) in [6.45, 7) is -1.50. The van der Waals surface area contributed by atoms with Crippen LogP contribution in [0.5, 0.6) is 5.75 Å². The molecule has 0 aromatic heterocycles. The van der Waals surface area contributed by atoms with Gasteiger partial charge in [-0.1, -0.05) is 0 Å². The van der Waals surface area contributed by atoms with Crippen LogP contribution in [0.25, 0.3) is 0 Å². The molecule has 2 nitrogen and oxygen atoms in total. The Balaban J connectivity index is 2.64. The molecule has 1 aromatic rings. The SMILES string of the molecule is Oc1ccc(NCC(F)(F)C(F)C(F)(F)F)cc1. The third-order valence-corrected chi connectivity index (χ3v) is 2.05. The first-order valence-electron chi connectivity index (χ1n) is 4.74. The smallest absolute Gasteiger partial charge is 0.425 e. The first kappa shape index (κ1) is 14.5. The van der Waals surface area contributed by atoms with E-state index in [1.807, 2.05) is 5.32 Å². The third kappa shape index (κ3) is 3.71. The number of alkyl halides is 6. The molecule has 0 saturated carbocycles. The number of phenols is 1. The minimum absolute atomic E-state index is 0.0434. The quantitative estimate of drug-likeness (QED) is 0.651. The third-order valence-electron chi connectivity index (χ3n) is 2.05. The Hall–Kier alpha value is -1.60. The highest BCUT2D eigenvalue weighted by molar-refractivity contribution is 5.46. The van der Waals surface area contributed by atoms with Gasteiger partial charge in [-0.15, -0.1) is 0 Å². The molecule has 1 atom stereocenters. The van der Waals surface area contributed by atoms with Crippen LogP contribution in [0.1, 0.15) is 0 Å². The second-order valence-corrected chi connectivity index (χ2v) is 3.57. The van der Waals surface area contributed by atoms with Gasteiger partial charge < -0.3 is 10.4 Å². The summed E-state index contributed by atoms with van der Waals surface area (Å²) >= 11 is 0. The normalized spacial score (nSPS) is 14.3. The van der Waals surface area contributed by atoms with Crippen molar-refractivity contribution in [1.29, 1.82) is 0 Å². The summed E-state index contributed by atoms with van der Waals surface area (Å²) in [6, 6.07) is 4.65. The number of nitrogens with one attached hydrogen (secondary N) is 1. The molecule has 102 valence electrons. The lowest BCUT2D eigenvalue weighted by Crippen LogP contribution is -2.46. The first-order valence-corrected chi connectivity index (χ1v) is 4.74. The van der Waals surface area contributed by atoms with Crippen LogP contribution < -0.4 is 5.32 Å². The van der Waals surface area contributed by atoms with Crippen molar-refractivity contribution < 1.29 is 31.4 Å². The first-order chi connectivity index (χ1) is 8.13. The molecule has 0 amide bonds. The van der Waals surface area contributed by atoms with Gasteiger partial charge in [-0.3, -0.25) is 0 Å². The molecule has 0 fully saturated rings. The predicted octanol–water partition coefficient (Wildman–Crippen LogP) is 3.34. The fourth-order valence-corrected chi connectivity index (χ4v) is 1.13. The van der Waals surface area contributed by atoms with Crippen molar-refractivity contribution in [1.82, 2.24) is 0 Å². The van der Waals surface area contributed by atoms with E-state index in [4.69, 9.17) is 5.11 Å². The van der Waals surface area contributed by atoms with Crippen LogP contribution in [0.15, 0.2) is 24.3 Å². The van der Waals surface area contributed by atoms with Crippen LogP contribution in [-0.2, 0) is 0 Å². The van der Waals surface area contributed by atoms with Crippen LogP contribution in [0.3, 0.4) is 0 Å². The molecule has 0 heterocycles. The average Bonchev–Trinajstić information content (AvgIpc) is 2.26. The summed E-state index contributed by atoms with van der Waals surface area (Å²) in [5.41, 5.74) is 0.0434. The lowest BCUT2D eigenvalue weighted by atomic mass is 10.2. The summed E-state index contributed by atoms with van der Waals surface area (Å²) < 4.78 is 73.7. The average molecular weight is 273 g/mol. The summed E-state index contributed by atoms with van der Waals surface area (Å²) in [7, 11) is 0. The molecule has 1 rings (SSSR count). The van der Waals surface area contributed by atoms with Gasteiger partial charge in [0.1, 0.15) is 5.75 Å². The molecule has 0 saturated heterocycles. The summed E-state index contributed by atoms with van der Waals surface area (Å²) in [5.74, 6) is -4.71. The molecule has 0 spiro atoms.